The summed E-state index contributed by atoms with van der Waals surface area (Å²) in [6.45, 7) is -0.0810. The van der Waals surface area contributed by atoms with Gasteiger partial charge in [0.25, 0.3) is 5.91 Å². The lowest BCUT2D eigenvalue weighted by Crippen LogP contribution is -2.38. The van der Waals surface area contributed by atoms with Crippen LogP contribution in [-0.4, -0.2) is 63.5 Å². The van der Waals surface area contributed by atoms with E-state index in [0.29, 0.717) is 16.5 Å². The quantitative estimate of drug-likeness (QED) is 0.754. The van der Waals surface area contributed by atoms with Gasteiger partial charge in [0.2, 0.25) is 5.82 Å². The van der Waals surface area contributed by atoms with Crippen molar-refractivity contribution in [2.24, 2.45) is 0 Å². The predicted molar refractivity (Wildman–Crippen MR) is 93.8 cm³/mol. The molecule has 26 heavy (non-hydrogen) atoms. The Labute approximate surface area is 155 Å². The van der Waals surface area contributed by atoms with Gasteiger partial charge in [0.15, 0.2) is 0 Å². The third-order valence-electron chi connectivity index (χ3n) is 4.03. The van der Waals surface area contributed by atoms with Crippen molar-refractivity contribution in [2.75, 3.05) is 26.8 Å². The third kappa shape index (κ3) is 4.03. The number of methoxy groups -OCH3 is 1. The van der Waals surface area contributed by atoms with Crippen LogP contribution in [0.3, 0.4) is 0 Å². The normalized spacial score (nSPS) is 13.6. The molecule has 1 heterocycles. The molecule has 1 saturated carbocycles. The number of carbonyl (C=O) groups is 2. The number of ether oxygens (including phenoxy) is 1. The van der Waals surface area contributed by atoms with E-state index in [9.17, 15) is 9.59 Å². The SMILES string of the molecule is COCCN(CC(=O)O)C(=O)c1nc(C2CC2)n(-c2ccccc2Cl)n1. The van der Waals surface area contributed by atoms with Crippen molar-refractivity contribution in [3.63, 3.8) is 0 Å². The fourth-order valence-corrected chi connectivity index (χ4v) is 2.80. The number of rotatable bonds is 8. The third-order valence-corrected chi connectivity index (χ3v) is 4.34. The van der Waals surface area contributed by atoms with Crippen LogP contribution in [0.5, 0.6) is 0 Å². The minimum absolute atomic E-state index is 0.0378. The van der Waals surface area contributed by atoms with Crippen LogP contribution < -0.4 is 0 Å². The first-order valence-corrected chi connectivity index (χ1v) is 8.61. The first kappa shape index (κ1) is 18.3. The van der Waals surface area contributed by atoms with Gasteiger partial charge in [0.1, 0.15) is 12.4 Å². The zero-order valence-electron chi connectivity index (χ0n) is 14.3. The summed E-state index contributed by atoms with van der Waals surface area (Å²) >= 11 is 6.27. The van der Waals surface area contributed by atoms with Gasteiger partial charge in [-0.25, -0.2) is 9.67 Å². The maximum Gasteiger partial charge on any atom is 0.323 e. The topological polar surface area (TPSA) is 97.5 Å². The number of carboxylic acid groups (broad SMARTS) is 1. The van der Waals surface area contributed by atoms with E-state index in [1.165, 1.54) is 7.11 Å². The highest BCUT2D eigenvalue weighted by Crippen LogP contribution is 2.40. The van der Waals surface area contributed by atoms with E-state index in [2.05, 4.69) is 10.1 Å². The molecule has 0 saturated heterocycles. The van der Waals surface area contributed by atoms with Crippen molar-refractivity contribution in [1.29, 1.82) is 0 Å². The second kappa shape index (κ2) is 7.84. The number of benzene rings is 1. The van der Waals surface area contributed by atoms with Crippen molar-refractivity contribution >= 4 is 23.5 Å². The Balaban J connectivity index is 1.94. The zero-order chi connectivity index (χ0) is 18.7. The molecular weight excluding hydrogens is 360 g/mol. The molecule has 0 radical (unpaired) electrons. The lowest BCUT2D eigenvalue weighted by molar-refractivity contribution is -0.137. The van der Waals surface area contributed by atoms with Crippen LogP contribution in [-0.2, 0) is 9.53 Å². The Morgan fingerprint density at radius 3 is 2.73 bits per heavy atom. The summed E-state index contributed by atoms with van der Waals surface area (Å²) < 4.78 is 6.54. The zero-order valence-corrected chi connectivity index (χ0v) is 15.0. The summed E-state index contributed by atoms with van der Waals surface area (Å²) in [4.78, 5) is 29.4. The number of para-hydroxylation sites is 1. The molecule has 9 heteroatoms. The maximum atomic E-state index is 12.7. The van der Waals surface area contributed by atoms with Gasteiger partial charge in [-0.05, 0) is 25.0 Å². The molecule has 3 rings (SSSR count). The van der Waals surface area contributed by atoms with E-state index >= 15 is 0 Å². The number of hydrogen-bond acceptors (Lipinski definition) is 5. The lowest BCUT2D eigenvalue weighted by Gasteiger charge is -2.18. The van der Waals surface area contributed by atoms with Crippen LogP contribution >= 0.6 is 11.6 Å². The standard InChI is InChI=1S/C17H19ClN4O4/c1-26-9-8-21(10-14(23)24)17(25)15-19-16(11-6-7-11)22(20-15)13-5-3-2-4-12(13)18/h2-5,11H,6-10H2,1H3,(H,23,24). The number of carbonyl (C=O) groups excluding carboxylic acids is 1. The lowest BCUT2D eigenvalue weighted by atomic mass is 10.3. The average molecular weight is 379 g/mol. The molecule has 138 valence electrons. The van der Waals surface area contributed by atoms with Crippen LogP contribution in [0.2, 0.25) is 5.02 Å². The van der Waals surface area contributed by atoms with Crippen molar-refractivity contribution in [3.05, 3.63) is 40.9 Å². The number of hydrogen-bond donors (Lipinski definition) is 1. The van der Waals surface area contributed by atoms with E-state index in [-0.39, 0.29) is 24.9 Å². The molecule has 1 aromatic carbocycles. The fraction of sp³-hybridized carbons (Fsp3) is 0.412. The molecule has 0 unspecified atom stereocenters. The number of aromatic nitrogens is 3. The minimum atomic E-state index is -1.11. The first-order chi connectivity index (χ1) is 12.5. The summed E-state index contributed by atoms with van der Waals surface area (Å²) in [5.74, 6) is -0.792. The Morgan fingerprint density at radius 1 is 1.38 bits per heavy atom. The molecule has 0 spiro atoms. The summed E-state index contributed by atoms with van der Waals surface area (Å²) in [5.41, 5.74) is 0.643. The van der Waals surface area contributed by atoms with E-state index in [0.717, 1.165) is 17.7 Å². The molecule has 2 aromatic rings. The average Bonchev–Trinajstić information content (AvgIpc) is 3.37. The molecule has 0 atom stereocenters. The molecule has 0 aliphatic heterocycles. The molecule has 1 amide bonds. The van der Waals surface area contributed by atoms with Crippen molar-refractivity contribution in [2.45, 2.75) is 18.8 Å². The summed E-state index contributed by atoms with van der Waals surface area (Å²) in [6, 6.07) is 7.19. The predicted octanol–water partition coefficient (Wildman–Crippen LogP) is 1.97. The van der Waals surface area contributed by atoms with Gasteiger partial charge in [-0.15, -0.1) is 5.10 Å². The Hall–Kier alpha value is -2.45. The molecular formula is C17H19ClN4O4. The second-order valence-corrected chi connectivity index (χ2v) is 6.45. The monoisotopic (exact) mass is 378 g/mol. The Bertz CT molecular complexity index is 819. The molecule has 1 fully saturated rings. The van der Waals surface area contributed by atoms with E-state index < -0.39 is 18.4 Å². The minimum Gasteiger partial charge on any atom is -0.480 e. The van der Waals surface area contributed by atoms with Crippen molar-refractivity contribution in [1.82, 2.24) is 19.7 Å². The van der Waals surface area contributed by atoms with Gasteiger partial charge >= 0.3 is 5.97 Å². The van der Waals surface area contributed by atoms with Crippen LogP contribution in [0.15, 0.2) is 24.3 Å². The largest absolute Gasteiger partial charge is 0.480 e. The highest BCUT2D eigenvalue weighted by molar-refractivity contribution is 6.32. The van der Waals surface area contributed by atoms with Crippen LogP contribution in [0.4, 0.5) is 0 Å². The number of aliphatic carboxylic acids is 1. The summed E-state index contributed by atoms with van der Waals surface area (Å²) in [7, 11) is 1.49. The molecule has 1 N–H and O–H groups in total. The second-order valence-electron chi connectivity index (χ2n) is 6.04. The highest BCUT2D eigenvalue weighted by atomic mass is 35.5. The molecule has 8 nitrogen and oxygen atoms in total. The summed E-state index contributed by atoms with van der Waals surface area (Å²) in [6.07, 6.45) is 1.94. The molecule has 1 aliphatic rings. The van der Waals surface area contributed by atoms with Gasteiger partial charge in [0.05, 0.1) is 17.3 Å². The Morgan fingerprint density at radius 2 is 2.12 bits per heavy atom. The van der Waals surface area contributed by atoms with E-state index in [1.807, 2.05) is 12.1 Å². The fourth-order valence-electron chi connectivity index (χ4n) is 2.58. The smallest absolute Gasteiger partial charge is 0.323 e. The Kier molecular flexibility index (Phi) is 5.53. The summed E-state index contributed by atoms with van der Waals surface area (Å²) in [5, 5.41) is 13.9. The van der Waals surface area contributed by atoms with Gasteiger partial charge in [0, 0.05) is 19.6 Å². The highest BCUT2D eigenvalue weighted by Gasteiger charge is 2.33. The van der Waals surface area contributed by atoms with Gasteiger partial charge in [-0.3, -0.25) is 9.59 Å². The van der Waals surface area contributed by atoms with Crippen LogP contribution in [0.1, 0.15) is 35.2 Å². The van der Waals surface area contributed by atoms with E-state index in [1.54, 1.807) is 16.8 Å². The van der Waals surface area contributed by atoms with Gasteiger partial charge in [-0.1, -0.05) is 23.7 Å². The van der Waals surface area contributed by atoms with Crippen LogP contribution in [0.25, 0.3) is 5.69 Å². The number of amides is 1. The molecule has 1 aliphatic carbocycles. The first-order valence-electron chi connectivity index (χ1n) is 8.23. The van der Waals surface area contributed by atoms with E-state index in [4.69, 9.17) is 21.4 Å². The maximum absolute atomic E-state index is 12.7. The van der Waals surface area contributed by atoms with Gasteiger partial charge < -0.3 is 14.7 Å². The number of carboxylic acids is 1. The van der Waals surface area contributed by atoms with Crippen molar-refractivity contribution < 1.29 is 19.4 Å². The number of halogens is 1. The van der Waals surface area contributed by atoms with Crippen LogP contribution in [0, 0.1) is 0 Å². The number of nitrogens with zero attached hydrogens (tertiary/aromatic N) is 4. The molecule has 0 bridgehead atoms. The van der Waals surface area contributed by atoms with Crippen molar-refractivity contribution in [3.8, 4) is 5.69 Å². The van der Waals surface area contributed by atoms with Gasteiger partial charge in [-0.2, -0.15) is 0 Å². The molecule has 1 aromatic heterocycles.